The summed E-state index contributed by atoms with van der Waals surface area (Å²) in [5.74, 6) is 0.692. The lowest BCUT2D eigenvalue weighted by Crippen LogP contribution is -1.95. The second kappa shape index (κ2) is 12.9. The number of hydrogen-bond acceptors (Lipinski definition) is 4. The highest BCUT2D eigenvalue weighted by Gasteiger charge is 2.15. The highest BCUT2D eigenvalue weighted by molar-refractivity contribution is 6.25. The van der Waals surface area contributed by atoms with Gasteiger partial charge in [0.25, 0.3) is 0 Å². The van der Waals surface area contributed by atoms with Crippen molar-refractivity contribution in [2.24, 2.45) is 0 Å². The van der Waals surface area contributed by atoms with Gasteiger partial charge in [-0.3, -0.25) is 0 Å². The first-order chi connectivity index (χ1) is 28.7. The molecule has 0 N–H and O–H groups in total. The lowest BCUT2D eigenvalue weighted by Gasteiger charge is -2.12. The molecule has 0 radical (unpaired) electrons. The number of rotatable bonds is 4. The van der Waals surface area contributed by atoms with Crippen molar-refractivity contribution < 1.29 is 0 Å². The van der Waals surface area contributed by atoms with E-state index in [0.717, 1.165) is 72.0 Å². The molecule has 4 nitrogen and oxygen atoms in total. The lowest BCUT2D eigenvalue weighted by molar-refractivity contribution is 1.23. The largest absolute Gasteiger partial charge is 0.245 e. The Bertz CT molecular complexity index is 3590. The monoisotopic (exact) mass is 736 g/mol. The van der Waals surface area contributed by atoms with Crippen LogP contribution in [0.4, 0.5) is 0 Å². The Morgan fingerprint density at radius 1 is 0.259 bits per heavy atom. The normalized spacial score (nSPS) is 11.8. The van der Waals surface area contributed by atoms with Crippen LogP contribution in [0.15, 0.2) is 194 Å². The van der Waals surface area contributed by atoms with Crippen LogP contribution in [0, 0.1) is 0 Å². The molecule has 268 valence electrons. The van der Waals surface area contributed by atoms with Gasteiger partial charge >= 0.3 is 0 Å². The fourth-order valence-electron chi connectivity index (χ4n) is 8.71. The molecule has 0 fully saturated rings. The first kappa shape index (κ1) is 32.4. The molecule has 0 spiro atoms. The SMILES string of the molecule is c1ccc2cc(-c3nc(-c4ccc(-c5ccc6ccc7ccc(-c8ccc9c%10ccccc%10c%10ccccc%10c9c8)nc7c6n5)cc4)nc4ccccc34)ccc2c1. The van der Waals surface area contributed by atoms with Crippen molar-refractivity contribution >= 4 is 75.8 Å². The standard InChI is InChI=1S/C54H32N4/c1-2-10-38-31-40(24-17-33(38)9-1)51-46-15-7-8-16-50(46)57-54(58-51)37-22-18-34(19-23-37)48-29-26-35-20-21-36-27-30-49(56-53(36)52(35)55-48)39-25-28-45-43-13-4-3-11-41(43)42-12-5-6-14-44(42)47(45)32-39/h1-32H. The highest BCUT2D eigenvalue weighted by Crippen LogP contribution is 2.38. The van der Waals surface area contributed by atoms with Crippen LogP contribution in [0.25, 0.3) is 121 Å². The average molecular weight is 737 g/mol. The van der Waals surface area contributed by atoms with Crippen LogP contribution in [0.3, 0.4) is 0 Å². The number of benzene rings is 9. The van der Waals surface area contributed by atoms with Gasteiger partial charge in [-0.15, -0.1) is 0 Å². The summed E-state index contributed by atoms with van der Waals surface area (Å²) in [5, 5.41) is 13.1. The molecule has 9 aromatic carbocycles. The van der Waals surface area contributed by atoms with Gasteiger partial charge in [0, 0.05) is 38.4 Å². The van der Waals surface area contributed by atoms with E-state index >= 15 is 0 Å². The molecule has 0 aliphatic rings. The van der Waals surface area contributed by atoms with Crippen LogP contribution in [0.5, 0.6) is 0 Å². The Labute approximate surface area is 333 Å². The molecule has 0 aliphatic heterocycles. The topological polar surface area (TPSA) is 51.6 Å². The molecule has 58 heavy (non-hydrogen) atoms. The average Bonchev–Trinajstić information content (AvgIpc) is 3.30. The summed E-state index contributed by atoms with van der Waals surface area (Å²) in [5.41, 5.74) is 9.55. The quantitative estimate of drug-likeness (QED) is 0.169. The zero-order valence-corrected chi connectivity index (χ0v) is 31.3. The summed E-state index contributed by atoms with van der Waals surface area (Å²) in [6.45, 7) is 0. The first-order valence-corrected chi connectivity index (χ1v) is 19.6. The van der Waals surface area contributed by atoms with E-state index < -0.39 is 0 Å². The maximum Gasteiger partial charge on any atom is 0.160 e. The van der Waals surface area contributed by atoms with E-state index in [2.05, 4.69) is 182 Å². The third kappa shape index (κ3) is 5.23. The van der Waals surface area contributed by atoms with Gasteiger partial charge < -0.3 is 0 Å². The van der Waals surface area contributed by atoms with Gasteiger partial charge in [0.05, 0.1) is 33.6 Å². The van der Waals surface area contributed by atoms with E-state index in [4.69, 9.17) is 19.9 Å². The molecule has 3 heterocycles. The molecule has 0 unspecified atom stereocenters. The smallest absolute Gasteiger partial charge is 0.160 e. The first-order valence-electron chi connectivity index (χ1n) is 19.6. The highest BCUT2D eigenvalue weighted by atomic mass is 14.9. The van der Waals surface area contributed by atoms with Gasteiger partial charge in [-0.2, -0.15) is 0 Å². The van der Waals surface area contributed by atoms with Crippen molar-refractivity contribution in [3.05, 3.63) is 194 Å². The summed E-state index contributed by atoms with van der Waals surface area (Å²) in [4.78, 5) is 20.8. The predicted octanol–water partition coefficient (Wildman–Crippen LogP) is 14.0. The van der Waals surface area contributed by atoms with Crippen LogP contribution >= 0.6 is 0 Å². The molecule has 0 atom stereocenters. The second-order valence-electron chi connectivity index (χ2n) is 15.0. The van der Waals surface area contributed by atoms with Crippen molar-refractivity contribution in [2.75, 3.05) is 0 Å². The van der Waals surface area contributed by atoms with E-state index in [0.29, 0.717) is 5.82 Å². The van der Waals surface area contributed by atoms with Crippen LogP contribution in [-0.2, 0) is 0 Å². The fourth-order valence-corrected chi connectivity index (χ4v) is 8.71. The van der Waals surface area contributed by atoms with Gasteiger partial charge in [-0.1, -0.05) is 164 Å². The number of fused-ring (bicyclic) bond motifs is 11. The van der Waals surface area contributed by atoms with Crippen molar-refractivity contribution in [3.8, 4) is 45.2 Å². The molecule has 12 rings (SSSR count). The van der Waals surface area contributed by atoms with E-state index in [1.54, 1.807) is 0 Å². The molecule has 0 saturated heterocycles. The van der Waals surface area contributed by atoms with Crippen molar-refractivity contribution in [1.29, 1.82) is 0 Å². The summed E-state index contributed by atoms with van der Waals surface area (Å²) in [6.07, 6.45) is 0. The third-order valence-electron chi connectivity index (χ3n) is 11.6. The maximum absolute atomic E-state index is 5.31. The predicted molar refractivity (Wildman–Crippen MR) is 242 cm³/mol. The maximum atomic E-state index is 5.31. The molecule has 3 aromatic heterocycles. The number of pyridine rings is 2. The molecule has 0 saturated carbocycles. The zero-order valence-electron chi connectivity index (χ0n) is 31.3. The third-order valence-corrected chi connectivity index (χ3v) is 11.6. The Morgan fingerprint density at radius 2 is 0.741 bits per heavy atom. The van der Waals surface area contributed by atoms with Crippen LogP contribution in [0.2, 0.25) is 0 Å². The van der Waals surface area contributed by atoms with Gasteiger partial charge in [0.15, 0.2) is 5.82 Å². The second-order valence-corrected chi connectivity index (χ2v) is 15.0. The Balaban J connectivity index is 0.934. The Morgan fingerprint density at radius 3 is 1.43 bits per heavy atom. The van der Waals surface area contributed by atoms with Crippen LogP contribution < -0.4 is 0 Å². The van der Waals surface area contributed by atoms with E-state index in [-0.39, 0.29) is 0 Å². The number of hydrogen-bond donors (Lipinski definition) is 0. The lowest BCUT2D eigenvalue weighted by atomic mass is 9.93. The number of aromatic nitrogens is 4. The van der Waals surface area contributed by atoms with Crippen LogP contribution in [0.1, 0.15) is 0 Å². The summed E-state index contributed by atoms with van der Waals surface area (Å²) in [7, 11) is 0. The molecule has 0 amide bonds. The number of para-hydroxylation sites is 1. The molecule has 12 aromatic rings. The number of nitrogens with zero attached hydrogens (tertiary/aromatic N) is 4. The van der Waals surface area contributed by atoms with Gasteiger partial charge in [-0.25, -0.2) is 19.9 Å². The van der Waals surface area contributed by atoms with Crippen molar-refractivity contribution in [3.63, 3.8) is 0 Å². The summed E-state index contributed by atoms with van der Waals surface area (Å²) >= 11 is 0. The van der Waals surface area contributed by atoms with E-state index in [1.165, 1.54) is 43.1 Å². The minimum absolute atomic E-state index is 0.692. The van der Waals surface area contributed by atoms with Gasteiger partial charge in [0.2, 0.25) is 0 Å². The Hall–Kier alpha value is -7.82. The molecule has 0 aliphatic carbocycles. The fraction of sp³-hybridized carbons (Fsp3) is 0. The minimum atomic E-state index is 0.692. The van der Waals surface area contributed by atoms with Crippen LogP contribution in [-0.4, -0.2) is 19.9 Å². The molecular weight excluding hydrogens is 705 g/mol. The summed E-state index contributed by atoms with van der Waals surface area (Å²) in [6, 6.07) is 68.6. The Kier molecular flexibility index (Phi) is 7.20. The van der Waals surface area contributed by atoms with Gasteiger partial charge in [0.1, 0.15) is 0 Å². The van der Waals surface area contributed by atoms with Crippen molar-refractivity contribution in [2.45, 2.75) is 0 Å². The molecule has 0 bridgehead atoms. The summed E-state index contributed by atoms with van der Waals surface area (Å²) < 4.78 is 0. The van der Waals surface area contributed by atoms with E-state index in [9.17, 15) is 0 Å². The zero-order chi connectivity index (χ0) is 38.2. The van der Waals surface area contributed by atoms with E-state index in [1.807, 2.05) is 12.1 Å². The molecular formula is C54H32N4. The minimum Gasteiger partial charge on any atom is -0.245 e. The van der Waals surface area contributed by atoms with Crippen molar-refractivity contribution in [1.82, 2.24) is 19.9 Å². The van der Waals surface area contributed by atoms with Gasteiger partial charge in [-0.05, 0) is 73.4 Å². The molecule has 4 heteroatoms.